The number of nitrogens with zero attached hydrogens (tertiary/aromatic N) is 4. The molecule has 5 rings (SSSR count). The first-order chi connectivity index (χ1) is 18.9. The molecule has 8 nitrogen and oxygen atoms in total. The highest BCUT2D eigenvalue weighted by molar-refractivity contribution is 6.04. The van der Waals surface area contributed by atoms with Crippen molar-refractivity contribution in [2.45, 2.75) is 45.0 Å². The van der Waals surface area contributed by atoms with E-state index in [1.165, 1.54) is 12.1 Å². The zero-order valence-corrected chi connectivity index (χ0v) is 22.2. The summed E-state index contributed by atoms with van der Waals surface area (Å²) in [6, 6.07) is 13.0. The Morgan fingerprint density at radius 1 is 1.05 bits per heavy atom. The van der Waals surface area contributed by atoms with Gasteiger partial charge in [-0.3, -0.25) is 14.5 Å². The van der Waals surface area contributed by atoms with E-state index in [0.29, 0.717) is 24.5 Å². The molecule has 4 aromatic rings. The minimum Gasteiger partial charge on any atom is -0.444 e. The third-order valence-corrected chi connectivity index (χ3v) is 6.54. The summed E-state index contributed by atoms with van der Waals surface area (Å²) in [5.41, 5.74) is 1.21. The molecule has 208 valence electrons. The van der Waals surface area contributed by atoms with E-state index in [1.54, 1.807) is 41.6 Å². The van der Waals surface area contributed by atoms with Gasteiger partial charge in [0, 0.05) is 47.7 Å². The minimum atomic E-state index is -4.54. The molecule has 1 N–H and O–H groups in total. The number of carbonyl (C=O) groups is 2. The molecule has 2 aromatic heterocycles. The van der Waals surface area contributed by atoms with E-state index in [0.717, 1.165) is 35.0 Å². The Bertz CT molecular complexity index is 1560. The molecule has 0 saturated carbocycles. The first-order valence-corrected chi connectivity index (χ1v) is 12.8. The Morgan fingerprint density at radius 2 is 1.80 bits per heavy atom. The average molecular weight is 552 g/mol. The fourth-order valence-electron chi connectivity index (χ4n) is 4.66. The van der Waals surface area contributed by atoms with Crippen molar-refractivity contribution in [2.24, 2.45) is 0 Å². The van der Waals surface area contributed by atoms with Crippen molar-refractivity contribution in [2.75, 3.05) is 18.4 Å². The van der Waals surface area contributed by atoms with Gasteiger partial charge in [0.2, 0.25) is 0 Å². The normalized spacial score (nSPS) is 15.8. The number of fused-ring (bicyclic) bond motifs is 1. The molecule has 1 aliphatic rings. The predicted octanol–water partition coefficient (Wildman–Crippen LogP) is 6.55. The number of benzene rings is 2. The Morgan fingerprint density at radius 3 is 2.50 bits per heavy atom. The van der Waals surface area contributed by atoms with Crippen molar-refractivity contribution in [1.29, 1.82) is 0 Å². The lowest BCUT2D eigenvalue weighted by Crippen LogP contribution is -2.35. The SMILES string of the molecule is CC(C)(C)OC(=O)N1CC[C@@H](n2nc(-c3ccc(NC(=O)c4cccc(C(F)(F)F)c4)cc3)c3cnccc32)C1. The molecule has 0 aliphatic carbocycles. The molecule has 11 heteroatoms. The number of amides is 2. The molecule has 3 heterocycles. The smallest absolute Gasteiger partial charge is 0.416 e. The van der Waals surface area contributed by atoms with Crippen LogP contribution in [0.2, 0.25) is 0 Å². The van der Waals surface area contributed by atoms with Crippen molar-refractivity contribution in [3.05, 3.63) is 78.1 Å². The highest BCUT2D eigenvalue weighted by atomic mass is 19.4. The van der Waals surface area contributed by atoms with E-state index >= 15 is 0 Å². The summed E-state index contributed by atoms with van der Waals surface area (Å²) in [4.78, 5) is 31.1. The van der Waals surface area contributed by atoms with E-state index in [2.05, 4.69) is 10.3 Å². The summed E-state index contributed by atoms with van der Waals surface area (Å²) in [6.07, 6.45) is -0.741. The topological polar surface area (TPSA) is 89.4 Å². The number of hydrogen-bond acceptors (Lipinski definition) is 5. The lowest BCUT2D eigenvalue weighted by Gasteiger charge is -2.24. The maximum atomic E-state index is 13.0. The van der Waals surface area contributed by atoms with Crippen LogP contribution in [0.5, 0.6) is 0 Å². The van der Waals surface area contributed by atoms with Crippen molar-refractivity contribution in [3.8, 4) is 11.3 Å². The fraction of sp³-hybridized carbons (Fsp3) is 0.310. The van der Waals surface area contributed by atoms with E-state index < -0.39 is 23.2 Å². The van der Waals surface area contributed by atoms with Gasteiger partial charge in [-0.1, -0.05) is 18.2 Å². The second kappa shape index (κ2) is 10.3. The molecule has 0 radical (unpaired) electrons. The number of halogens is 3. The molecule has 1 aliphatic heterocycles. The van der Waals surface area contributed by atoms with Gasteiger partial charge in [0.15, 0.2) is 0 Å². The van der Waals surface area contributed by atoms with Gasteiger partial charge in [0.05, 0.1) is 17.1 Å². The van der Waals surface area contributed by atoms with Crippen molar-refractivity contribution in [3.63, 3.8) is 0 Å². The van der Waals surface area contributed by atoms with Crippen LogP contribution >= 0.6 is 0 Å². The van der Waals surface area contributed by atoms with Gasteiger partial charge in [-0.15, -0.1) is 0 Å². The standard InChI is InChI=1S/C29H28F3N5O3/c1-28(2,3)40-27(39)36-14-12-22(17-36)37-24-11-13-33-16-23(24)25(35-37)18-7-9-21(10-8-18)34-26(38)19-5-4-6-20(15-19)29(30,31)32/h4-11,13,15-16,22H,12,14,17H2,1-3H3,(H,34,38)/t22-/m1/s1. The maximum Gasteiger partial charge on any atom is 0.416 e. The maximum absolute atomic E-state index is 13.0. The summed E-state index contributed by atoms with van der Waals surface area (Å²) in [7, 11) is 0. The summed E-state index contributed by atoms with van der Waals surface area (Å²) in [6.45, 7) is 6.53. The molecule has 0 unspecified atom stereocenters. The monoisotopic (exact) mass is 551 g/mol. The number of pyridine rings is 1. The fourth-order valence-corrected chi connectivity index (χ4v) is 4.66. The number of alkyl halides is 3. The molecule has 0 bridgehead atoms. The number of likely N-dealkylation sites (tertiary alicyclic amines) is 1. The second-order valence-electron chi connectivity index (χ2n) is 10.7. The quantitative estimate of drug-likeness (QED) is 0.311. The van der Waals surface area contributed by atoms with Crippen molar-refractivity contribution < 1.29 is 27.5 Å². The summed E-state index contributed by atoms with van der Waals surface area (Å²) < 4.78 is 46.5. The highest BCUT2D eigenvalue weighted by Gasteiger charge is 2.33. The molecule has 2 aromatic carbocycles. The zero-order chi connectivity index (χ0) is 28.7. The van der Waals surface area contributed by atoms with Crippen LogP contribution in [0.1, 0.15) is 49.2 Å². The van der Waals surface area contributed by atoms with E-state index in [-0.39, 0.29) is 17.7 Å². The van der Waals surface area contributed by atoms with Crippen LogP contribution in [0.25, 0.3) is 22.2 Å². The van der Waals surface area contributed by atoms with Gasteiger partial charge >= 0.3 is 12.3 Å². The van der Waals surface area contributed by atoms with Crippen LogP contribution in [0.15, 0.2) is 67.0 Å². The van der Waals surface area contributed by atoms with Gasteiger partial charge < -0.3 is 15.0 Å². The first kappa shape index (κ1) is 27.2. The summed E-state index contributed by atoms with van der Waals surface area (Å²) in [5, 5.41) is 8.36. The number of nitrogens with one attached hydrogen (secondary N) is 1. The Hall–Kier alpha value is -4.41. The molecule has 1 atom stereocenters. The molecular weight excluding hydrogens is 523 g/mol. The Kier molecular flexibility index (Phi) is 6.99. The molecule has 1 saturated heterocycles. The molecule has 1 fully saturated rings. The largest absolute Gasteiger partial charge is 0.444 e. The lowest BCUT2D eigenvalue weighted by molar-refractivity contribution is -0.137. The van der Waals surface area contributed by atoms with E-state index in [1.807, 2.05) is 31.5 Å². The molecule has 0 spiro atoms. The number of hydrogen-bond donors (Lipinski definition) is 1. The third kappa shape index (κ3) is 5.78. The van der Waals surface area contributed by atoms with Gasteiger partial charge in [0.25, 0.3) is 5.91 Å². The van der Waals surface area contributed by atoms with Crippen LogP contribution in [-0.4, -0.2) is 50.4 Å². The first-order valence-electron chi connectivity index (χ1n) is 12.8. The lowest BCUT2D eigenvalue weighted by atomic mass is 10.1. The number of ether oxygens (including phenoxy) is 1. The molecule has 2 amide bonds. The number of carbonyl (C=O) groups excluding carboxylic acids is 2. The van der Waals surface area contributed by atoms with Crippen LogP contribution in [0, 0.1) is 0 Å². The van der Waals surface area contributed by atoms with Crippen molar-refractivity contribution in [1.82, 2.24) is 19.7 Å². The van der Waals surface area contributed by atoms with Gasteiger partial charge in [-0.25, -0.2) is 4.79 Å². The molecular formula is C29H28F3N5O3. The van der Waals surface area contributed by atoms with Crippen LogP contribution < -0.4 is 5.32 Å². The third-order valence-electron chi connectivity index (χ3n) is 6.54. The minimum absolute atomic E-state index is 0.0443. The van der Waals surface area contributed by atoms with E-state index in [9.17, 15) is 22.8 Å². The van der Waals surface area contributed by atoms with Gasteiger partial charge in [0.1, 0.15) is 11.3 Å². The van der Waals surface area contributed by atoms with Gasteiger partial charge in [-0.2, -0.15) is 18.3 Å². The summed E-state index contributed by atoms with van der Waals surface area (Å²) in [5.74, 6) is -0.645. The predicted molar refractivity (Wildman–Crippen MR) is 144 cm³/mol. The highest BCUT2D eigenvalue weighted by Crippen LogP contribution is 2.33. The number of aromatic nitrogens is 3. The zero-order valence-electron chi connectivity index (χ0n) is 22.2. The van der Waals surface area contributed by atoms with Gasteiger partial charge in [-0.05, 0) is 63.6 Å². The number of rotatable bonds is 4. The Labute approximate surface area is 228 Å². The summed E-state index contributed by atoms with van der Waals surface area (Å²) >= 11 is 0. The number of anilines is 1. The second-order valence-corrected chi connectivity index (χ2v) is 10.7. The molecule has 40 heavy (non-hydrogen) atoms. The van der Waals surface area contributed by atoms with Crippen LogP contribution in [0.4, 0.5) is 23.7 Å². The van der Waals surface area contributed by atoms with E-state index in [4.69, 9.17) is 9.84 Å². The average Bonchev–Trinajstić information content (AvgIpc) is 3.53. The van der Waals surface area contributed by atoms with Crippen molar-refractivity contribution >= 4 is 28.6 Å². The van der Waals surface area contributed by atoms with Crippen LogP contribution in [0.3, 0.4) is 0 Å². The van der Waals surface area contributed by atoms with Crippen LogP contribution in [-0.2, 0) is 10.9 Å². The Balaban J connectivity index is 1.35.